The molecule has 1 aromatic carbocycles. The summed E-state index contributed by atoms with van der Waals surface area (Å²) in [4.78, 5) is 0.261. The van der Waals surface area contributed by atoms with E-state index in [1.165, 1.54) is 0 Å². The third kappa shape index (κ3) is 4.78. The Bertz CT molecular complexity index is 464. The lowest BCUT2D eigenvalue weighted by atomic mass is 10.1. The molecule has 0 aromatic heterocycles. The molecule has 0 saturated carbocycles. The van der Waals surface area contributed by atoms with Crippen molar-refractivity contribution in [1.29, 1.82) is 0 Å². The van der Waals surface area contributed by atoms with Gasteiger partial charge in [0.15, 0.2) is 0 Å². The molecule has 0 heterocycles. The Morgan fingerprint density at radius 2 is 2.00 bits per heavy atom. The first-order valence-electron chi connectivity index (χ1n) is 6.44. The van der Waals surface area contributed by atoms with Gasteiger partial charge in [0.1, 0.15) is 0 Å². The summed E-state index contributed by atoms with van der Waals surface area (Å²) in [5.41, 5.74) is 1.05. The minimum Gasteiger partial charge on any atom is -0.266 e. The lowest BCUT2D eigenvalue weighted by Crippen LogP contribution is -2.11. The largest absolute Gasteiger partial charge is 0.296 e. The molecule has 18 heavy (non-hydrogen) atoms. The van der Waals surface area contributed by atoms with E-state index in [1.54, 1.807) is 18.2 Å². The van der Waals surface area contributed by atoms with Crippen LogP contribution >= 0.6 is 0 Å². The highest BCUT2D eigenvalue weighted by Crippen LogP contribution is 2.16. The molecule has 0 amide bonds. The molecule has 0 atom stereocenters. The van der Waals surface area contributed by atoms with Gasteiger partial charge in [0.25, 0.3) is 10.1 Å². The number of unbranched alkanes of at least 4 members (excludes halogenated alkanes) is 1. The highest BCUT2D eigenvalue weighted by atomic mass is 32.2. The molecular weight excluding hydrogens is 248 g/mol. The Kier molecular flexibility index (Phi) is 5.82. The highest BCUT2D eigenvalue weighted by molar-refractivity contribution is 7.86. The molecule has 1 aromatic rings. The van der Waals surface area contributed by atoms with E-state index in [1.807, 2.05) is 19.9 Å². The molecule has 0 N–H and O–H groups in total. The minimum atomic E-state index is -3.60. The van der Waals surface area contributed by atoms with Gasteiger partial charge < -0.3 is 0 Å². The highest BCUT2D eigenvalue weighted by Gasteiger charge is 2.15. The van der Waals surface area contributed by atoms with Gasteiger partial charge in [-0.1, -0.05) is 39.3 Å². The number of hydrogen-bond acceptors (Lipinski definition) is 3. The lowest BCUT2D eigenvalue weighted by molar-refractivity contribution is 0.275. The van der Waals surface area contributed by atoms with Crippen LogP contribution in [-0.4, -0.2) is 15.0 Å². The lowest BCUT2D eigenvalue weighted by Gasteiger charge is -2.09. The normalized spacial score (nSPS) is 12.0. The molecule has 0 aliphatic heterocycles. The summed E-state index contributed by atoms with van der Waals surface area (Å²) in [5, 5.41) is 0. The standard InChI is InChI=1S/C14H22O3S/c1-4-5-7-13-8-6-9-14(10-13)18(15,16)17-11-12(2)3/h6,8-10,12H,4-5,7,11H2,1-3H3. The minimum absolute atomic E-state index is 0.197. The van der Waals surface area contributed by atoms with E-state index in [0.29, 0.717) is 0 Å². The summed E-state index contributed by atoms with van der Waals surface area (Å²) in [6, 6.07) is 7.03. The van der Waals surface area contributed by atoms with Crippen molar-refractivity contribution in [3.63, 3.8) is 0 Å². The van der Waals surface area contributed by atoms with Gasteiger partial charge in [-0.25, -0.2) is 0 Å². The molecule has 0 aliphatic rings. The molecular formula is C14H22O3S. The first kappa shape index (κ1) is 15.2. The Labute approximate surface area is 110 Å². The smallest absolute Gasteiger partial charge is 0.266 e. The van der Waals surface area contributed by atoms with Crippen molar-refractivity contribution in [2.24, 2.45) is 5.92 Å². The number of aryl methyl sites for hydroxylation is 1. The molecule has 3 nitrogen and oxygen atoms in total. The molecule has 0 radical (unpaired) electrons. The number of rotatable bonds is 7. The van der Waals surface area contributed by atoms with Crippen LogP contribution in [0.5, 0.6) is 0 Å². The first-order chi connectivity index (χ1) is 8.45. The second kappa shape index (κ2) is 6.90. The average Bonchev–Trinajstić information content (AvgIpc) is 2.34. The molecule has 0 bridgehead atoms. The van der Waals surface area contributed by atoms with Crippen molar-refractivity contribution in [3.05, 3.63) is 29.8 Å². The molecule has 1 rings (SSSR count). The molecule has 102 valence electrons. The second-order valence-corrected chi connectivity index (χ2v) is 6.50. The van der Waals surface area contributed by atoms with Crippen molar-refractivity contribution < 1.29 is 12.6 Å². The second-order valence-electron chi connectivity index (χ2n) is 4.88. The van der Waals surface area contributed by atoms with E-state index in [0.717, 1.165) is 24.8 Å². The van der Waals surface area contributed by atoms with Gasteiger partial charge in [0.2, 0.25) is 0 Å². The molecule has 0 unspecified atom stereocenters. The summed E-state index contributed by atoms with van der Waals surface area (Å²) in [5.74, 6) is 0.197. The molecule has 0 aliphatic carbocycles. The van der Waals surface area contributed by atoms with Crippen LogP contribution in [0.25, 0.3) is 0 Å². The van der Waals surface area contributed by atoms with Crippen LogP contribution in [0.15, 0.2) is 29.2 Å². The van der Waals surface area contributed by atoms with E-state index in [-0.39, 0.29) is 17.4 Å². The van der Waals surface area contributed by atoms with Gasteiger partial charge in [-0.05, 0) is 36.5 Å². The predicted octanol–water partition coefficient (Wildman–Crippen LogP) is 3.39. The zero-order valence-electron chi connectivity index (χ0n) is 11.3. The van der Waals surface area contributed by atoms with E-state index < -0.39 is 10.1 Å². The van der Waals surface area contributed by atoms with Gasteiger partial charge >= 0.3 is 0 Å². The van der Waals surface area contributed by atoms with Gasteiger partial charge in [0, 0.05) is 0 Å². The quantitative estimate of drug-likeness (QED) is 0.713. The molecule has 4 heteroatoms. The third-order valence-electron chi connectivity index (χ3n) is 2.56. The van der Waals surface area contributed by atoms with Crippen LogP contribution in [0.3, 0.4) is 0 Å². The van der Waals surface area contributed by atoms with E-state index in [9.17, 15) is 8.42 Å². The maximum absolute atomic E-state index is 11.9. The van der Waals surface area contributed by atoms with Gasteiger partial charge in [0.05, 0.1) is 11.5 Å². The molecule has 0 saturated heterocycles. The monoisotopic (exact) mass is 270 g/mol. The summed E-state index contributed by atoms with van der Waals surface area (Å²) < 4.78 is 28.9. The van der Waals surface area contributed by atoms with Gasteiger partial charge in [-0.2, -0.15) is 8.42 Å². The maximum atomic E-state index is 11.9. The molecule has 0 fully saturated rings. The van der Waals surface area contributed by atoms with Crippen LogP contribution in [0.1, 0.15) is 39.2 Å². The number of benzene rings is 1. The Morgan fingerprint density at radius 3 is 2.61 bits per heavy atom. The predicted molar refractivity (Wildman–Crippen MR) is 73.0 cm³/mol. The van der Waals surface area contributed by atoms with E-state index in [4.69, 9.17) is 4.18 Å². The van der Waals surface area contributed by atoms with Crippen LogP contribution in [-0.2, 0) is 20.7 Å². The maximum Gasteiger partial charge on any atom is 0.296 e. The average molecular weight is 270 g/mol. The Balaban J connectivity index is 2.81. The van der Waals surface area contributed by atoms with Crippen LogP contribution in [0.4, 0.5) is 0 Å². The summed E-state index contributed by atoms with van der Waals surface area (Å²) in [6.45, 7) is 6.19. The van der Waals surface area contributed by atoms with Crippen LogP contribution in [0, 0.1) is 5.92 Å². The van der Waals surface area contributed by atoms with Gasteiger partial charge in [-0.15, -0.1) is 0 Å². The molecule has 0 spiro atoms. The zero-order valence-corrected chi connectivity index (χ0v) is 12.2. The van der Waals surface area contributed by atoms with Crippen molar-refractivity contribution in [1.82, 2.24) is 0 Å². The van der Waals surface area contributed by atoms with Crippen molar-refractivity contribution in [3.8, 4) is 0 Å². The fourth-order valence-electron chi connectivity index (χ4n) is 1.53. The third-order valence-corrected chi connectivity index (χ3v) is 3.84. The van der Waals surface area contributed by atoms with E-state index >= 15 is 0 Å². The fourth-order valence-corrected chi connectivity index (χ4v) is 2.66. The Morgan fingerprint density at radius 1 is 1.28 bits per heavy atom. The van der Waals surface area contributed by atoms with E-state index in [2.05, 4.69) is 6.92 Å². The first-order valence-corrected chi connectivity index (χ1v) is 7.85. The zero-order chi connectivity index (χ0) is 13.6. The van der Waals surface area contributed by atoms with Crippen molar-refractivity contribution >= 4 is 10.1 Å². The summed E-state index contributed by atoms with van der Waals surface area (Å²) in [7, 11) is -3.60. The van der Waals surface area contributed by atoms with Crippen molar-refractivity contribution in [2.45, 2.75) is 44.9 Å². The van der Waals surface area contributed by atoms with Crippen LogP contribution in [0.2, 0.25) is 0 Å². The summed E-state index contributed by atoms with van der Waals surface area (Å²) >= 11 is 0. The van der Waals surface area contributed by atoms with Crippen molar-refractivity contribution in [2.75, 3.05) is 6.61 Å². The number of hydrogen-bond donors (Lipinski definition) is 0. The topological polar surface area (TPSA) is 43.4 Å². The van der Waals surface area contributed by atoms with Gasteiger partial charge in [-0.3, -0.25) is 4.18 Å². The SMILES string of the molecule is CCCCc1cccc(S(=O)(=O)OCC(C)C)c1. The van der Waals surface area contributed by atoms with Crippen LogP contribution < -0.4 is 0 Å². The Hall–Kier alpha value is -0.870. The summed E-state index contributed by atoms with van der Waals surface area (Å²) in [6.07, 6.45) is 3.07. The fraction of sp³-hybridized carbons (Fsp3) is 0.571.